The molecule has 1 aliphatic rings. The van der Waals surface area contributed by atoms with Crippen LogP contribution in [-0.4, -0.2) is 52.5 Å². The number of fused-ring (bicyclic) bond motifs is 1. The number of nitrogens with zero attached hydrogens (tertiary/aromatic N) is 4. The molecule has 0 atom stereocenters. The van der Waals surface area contributed by atoms with Crippen molar-refractivity contribution in [1.82, 2.24) is 14.5 Å². The molecule has 1 aliphatic heterocycles. The molecule has 0 radical (unpaired) electrons. The van der Waals surface area contributed by atoms with E-state index in [9.17, 15) is 13.5 Å². The summed E-state index contributed by atoms with van der Waals surface area (Å²) in [4.78, 5) is 12.2. The van der Waals surface area contributed by atoms with Gasteiger partial charge in [0.05, 0.1) is 27.5 Å². The van der Waals surface area contributed by atoms with Crippen LogP contribution in [0, 0.1) is 0 Å². The summed E-state index contributed by atoms with van der Waals surface area (Å²) in [6.45, 7) is 5.09. The number of para-hydroxylation sites is 1. The Morgan fingerprint density at radius 1 is 1.03 bits per heavy atom. The van der Waals surface area contributed by atoms with Crippen molar-refractivity contribution in [1.29, 1.82) is 0 Å². The van der Waals surface area contributed by atoms with Gasteiger partial charge < -0.3 is 19.9 Å². The van der Waals surface area contributed by atoms with Gasteiger partial charge in [-0.2, -0.15) is 0 Å². The molecule has 1 fully saturated rings. The van der Waals surface area contributed by atoms with Gasteiger partial charge in [-0.3, -0.25) is 0 Å². The van der Waals surface area contributed by atoms with Crippen LogP contribution in [0.5, 0.6) is 0 Å². The fourth-order valence-corrected chi connectivity index (χ4v) is 5.94. The number of aliphatic hydroxyl groups is 1. The van der Waals surface area contributed by atoms with E-state index in [2.05, 4.69) is 34.5 Å². The van der Waals surface area contributed by atoms with Crippen LogP contribution < -0.4 is 10.2 Å². The summed E-state index contributed by atoms with van der Waals surface area (Å²) >= 11 is 0. The quantitative estimate of drug-likeness (QED) is 0.372. The van der Waals surface area contributed by atoms with Gasteiger partial charge in [0.25, 0.3) is 0 Å². The van der Waals surface area contributed by atoms with Crippen molar-refractivity contribution in [2.24, 2.45) is 7.05 Å². The normalized spacial score (nSPS) is 15.0. The lowest BCUT2D eigenvalue weighted by Crippen LogP contribution is -2.35. The molecule has 9 heteroatoms. The number of nitrogens with one attached hydrogen (secondary N) is 1. The fraction of sp³-hybridized carbons (Fsp3) is 0.357. The zero-order valence-corrected chi connectivity index (χ0v) is 22.2. The number of aromatic nitrogens is 3. The maximum absolute atomic E-state index is 13.0. The summed E-state index contributed by atoms with van der Waals surface area (Å²) in [5.41, 5.74) is 4.34. The van der Waals surface area contributed by atoms with E-state index in [1.54, 1.807) is 32.0 Å². The van der Waals surface area contributed by atoms with Gasteiger partial charge in [-0.15, -0.1) is 0 Å². The van der Waals surface area contributed by atoms with Crippen molar-refractivity contribution >= 4 is 38.1 Å². The third kappa shape index (κ3) is 5.19. The van der Waals surface area contributed by atoms with Crippen molar-refractivity contribution in [2.75, 3.05) is 23.3 Å². The van der Waals surface area contributed by atoms with Gasteiger partial charge in [0.15, 0.2) is 15.7 Å². The van der Waals surface area contributed by atoms with Gasteiger partial charge >= 0.3 is 0 Å². The van der Waals surface area contributed by atoms with E-state index < -0.39 is 15.1 Å². The lowest BCUT2D eigenvalue weighted by Gasteiger charge is -2.31. The highest BCUT2D eigenvalue weighted by molar-refractivity contribution is 7.92. The van der Waals surface area contributed by atoms with Crippen LogP contribution in [0.15, 0.2) is 65.7 Å². The predicted molar refractivity (Wildman–Crippen MR) is 147 cm³/mol. The van der Waals surface area contributed by atoms with Gasteiger partial charge in [-0.25, -0.2) is 18.4 Å². The Labute approximate surface area is 217 Å². The largest absolute Gasteiger partial charge is 0.393 e. The SMILES string of the molecule is CC(C)S(=O)(=O)c1ccccc1Nc1nc(Cc2ccc(N3CCC(O)CC3)cc2)nc2ccn(C)c12. The number of hydrogen-bond donors (Lipinski definition) is 2. The molecular weight excluding hydrogens is 486 g/mol. The van der Waals surface area contributed by atoms with Gasteiger partial charge in [-0.05, 0) is 62.6 Å². The average molecular weight is 520 g/mol. The summed E-state index contributed by atoms with van der Waals surface area (Å²) in [7, 11) is -1.56. The van der Waals surface area contributed by atoms with Crippen LogP contribution in [0.4, 0.5) is 17.2 Å². The Balaban J connectivity index is 1.45. The number of rotatable bonds is 7. The van der Waals surface area contributed by atoms with E-state index >= 15 is 0 Å². The molecule has 37 heavy (non-hydrogen) atoms. The highest BCUT2D eigenvalue weighted by Gasteiger charge is 2.23. The molecule has 0 unspecified atom stereocenters. The van der Waals surface area contributed by atoms with Crippen LogP contribution >= 0.6 is 0 Å². The molecule has 0 bridgehead atoms. The molecule has 4 aromatic rings. The summed E-state index contributed by atoms with van der Waals surface area (Å²) in [6.07, 6.45) is 3.87. The fourth-order valence-electron chi connectivity index (χ4n) is 4.74. The molecule has 8 nitrogen and oxygen atoms in total. The summed E-state index contributed by atoms with van der Waals surface area (Å²) < 4.78 is 27.9. The number of aryl methyl sites for hydroxylation is 1. The smallest absolute Gasteiger partial charge is 0.182 e. The summed E-state index contributed by atoms with van der Waals surface area (Å²) in [5.74, 6) is 1.22. The molecule has 1 saturated heterocycles. The highest BCUT2D eigenvalue weighted by Crippen LogP contribution is 2.31. The van der Waals surface area contributed by atoms with Crippen molar-refractivity contribution in [3.05, 3.63) is 72.2 Å². The zero-order valence-electron chi connectivity index (χ0n) is 21.4. The van der Waals surface area contributed by atoms with Crippen LogP contribution in [0.2, 0.25) is 0 Å². The Hall–Kier alpha value is -3.43. The zero-order chi connectivity index (χ0) is 26.2. The Bertz CT molecular complexity index is 1500. The Kier molecular flexibility index (Phi) is 6.92. The number of aliphatic hydroxyl groups excluding tert-OH is 1. The minimum Gasteiger partial charge on any atom is -0.393 e. The van der Waals surface area contributed by atoms with Crippen molar-refractivity contribution in [3.8, 4) is 0 Å². The Morgan fingerprint density at radius 2 is 1.73 bits per heavy atom. The molecule has 194 valence electrons. The predicted octanol–water partition coefficient (Wildman–Crippen LogP) is 4.45. The lowest BCUT2D eigenvalue weighted by molar-refractivity contribution is 0.145. The highest BCUT2D eigenvalue weighted by atomic mass is 32.2. The molecular formula is C28H33N5O3S. The number of anilines is 3. The monoisotopic (exact) mass is 519 g/mol. The molecule has 2 aromatic carbocycles. The number of piperidine rings is 1. The molecule has 0 saturated carbocycles. The lowest BCUT2D eigenvalue weighted by atomic mass is 10.1. The first-order valence-corrected chi connectivity index (χ1v) is 14.2. The third-order valence-corrected chi connectivity index (χ3v) is 9.17. The van der Waals surface area contributed by atoms with E-state index in [1.807, 2.05) is 29.9 Å². The molecule has 3 heterocycles. The molecule has 2 N–H and O–H groups in total. The molecule has 2 aromatic heterocycles. The third-order valence-electron chi connectivity index (χ3n) is 6.96. The maximum atomic E-state index is 13.0. The maximum Gasteiger partial charge on any atom is 0.182 e. The molecule has 0 aliphatic carbocycles. The van der Waals surface area contributed by atoms with Crippen molar-refractivity contribution in [2.45, 2.75) is 49.4 Å². The number of benzene rings is 2. The van der Waals surface area contributed by atoms with Crippen LogP contribution in [0.1, 0.15) is 38.1 Å². The minimum absolute atomic E-state index is 0.194. The number of hydrogen-bond acceptors (Lipinski definition) is 7. The summed E-state index contributed by atoms with van der Waals surface area (Å²) in [5, 5.41) is 12.5. The van der Waals surface area contributed by atoms with Crippen molar-refractivity contribution in [3.63, 3.8) is 0 Å². The minimum atomic E-state index is -3.48. The summed E-state index contributed by atoms with van der Waals surface area (Å²) in [6, 6.07) is 17.3. The molecule has 0 amide bonds. The second-order valence-electron chi connectivity index (χ2n) is 9.93. The van der Waals surface area contributed by atoms with Gasteiger partial charge in [0, 0.05) is 38.4 Å². The van der Waals surface area contributed by atoms with Crippen molar-refractivity contribution < 1.29 is 13.5 Å². The van der Waals surface area contributed by atoms with Crippen LogP contribution in [0.25, 0.3) is 11.0 Å². The molecule has 5 rings (SSSR count). The first kappa shape index (κ1) is 25.2. The topological polar surface area (TPSA) is 100 Å². The van der Waals surface area contributed by atoms with E-state index in [0.717, 1.165) is 48.2 Å². The molecule has 0 spiro atoms. The van der Waals surface area contributed by atoms with Gasteiger partial charge in [-0.1, -0.05) is 24.3 Å². The average Bonchev–Trinajstić information content (AvgIpc) is 3.26. The first-order chi connectivity index (χ1) is 17.7. The van der Waals surface area contributed by atoms with Crippen LogP contribution in [-0.2, 0) is 23.3 Å². The second-order valence-corrected chi connectivity index (χ2v) is 12.4. The Morgan fingerprint density at radius 3 is 2.43 bits per heavy atom. The van der Waals surface area contributed by atoms with E-state index in [0.29, 0.717) is 23.8 Å². The second kappa shape index (κ2) is 10.1. The standard InChI is InChI=1S/C28H33N5O3S/c1-19(2)37(35,36)25-7-5-4-6-23(25)30-28-27-24(14-15-32(27)3)29-26(31-28)18-20-8-10-21(11-9-20)33-16-12-22(34)13-17-33/h4-11,14-15,19,22,34H,12-13,16-18H2,1-3H3,(H,29,30,31). The van der Waals surface area contributed by atoms with E-state index in [4.69, 9.17) is 9.97 Å². The first-order valence-electron chi connectivity index (χ1n) is 12.7. The van der Waals surface area contributed by atoms with Gasteiger partial charge in [0.1, 0.15) is 11.3 Å². The number of sulfone groups is 1. The van der Waals surface area contributed by atoms with E-state index in [-0.39, 0.29) is 11.0 Å². The van der Waals surface area contributed by atoms with E-state index in [1.165, 1.54) is 0 Å². The van der Waals surface area contributed by atoms with Crippen LogP contribution in [0.3, 0.4) is 0 Å². The van der Waals surface area contributed by atoms with Gasteiger partial charge in [0.2, 0.25) is 0 Å².